The molecule has 0 radical (unpaired) electrons. The highest BCUT2D eigenvalue weighted by Crippen LogP contribution is 2.23. The van der Waals surface area contributed by atoms with Gasteiger partial charge in [-0.15, -0.1) is 0 Å². The number of hydrogen-bond acceptors (Lipinski definition) is 3. The molecule has 1 amide bonds. The highest BCUT2D eigenvalue weighted by Gasteiger charge is 2.29. The van der Waals surface area contributed by atoms with Crippen molar-refractivity contribution in [2.45, 2.75) is 12.8 Å². The number of Topliss-reactive ketones (excluding diaryl/α,β-unsaturated/α-hetero) is 1. The molecule has 0 saturated carbocycles. The van der Waals surface area contributed by atoms with Crippen molar-refractivity contribution >= 4 is 17.4 Å². The van der Waals surface area contributed by atoms with Crippen molar-refractivity contribution in [1.29, 1.82) is 0 Å². The van der Waals surface area contributed by atoms with Crippen molar-refractivity contribution in [3.8, 4) is 0 Å². The summed E-state index contributed by atoms with van der Waals surface area (Å²) < 4.78 is 26.5. The second-order valence-electron chi connectivity index (χ2n) is 6.41. The second kappa shape index (κ2) is 7.64. The summed E-state index contributed by atoms with van der Waals surface area (Å²) in [6, 6.07) is 10.3. The molecule has 0 bridgehead atoms. The van der Waals surface area contributed by atoms with Crippen LogP contribution in [0.1, 0.15) is 33.6 Å². The number of rotatable bonds is 4. The Morgan fingerprint density at radius 2 is 1.73 bits per heavy atom. The van der Waals surface area contributed by atoms with Gasteiger partial charge in [-0.2, -0.15) is 0 Å². The number of nitrogens with one attached hydrogen (secondary N) is 1. The molecule has 1 saturated heterocycles. The van der Waals surface area contributed by atoms with E-state index in [9.17, 15) is 18.4 Å². The summed E-state index contributed by atoms with van der Waals surface area (Å²) in [7, 11) is 1.80. The zero-order chi connectivity index (χ0) is 18.7. The largest absolute Gasteiger partial charge is 0.388 e. The molecule has 1 N–H and O–H groups in total. The minimum absolute atomic E-state index is 0.129. The molecule has 2 aromatic carbocycles. The van der Waals surface area contributed by atoms with Crippen molar-refractivity contribution in [2.24, 2.45) is 5.92 Å². The Labute approximate surface area is 150 Å². The fraction of sp³-hybridized carbons (Fsp3) is 0.300. The maximum Gasteiger partial charge on any atom is 0.253 e. The highest BCUT2D eigenvalue weighted by atomic mass is 19.2. The minimum atomic E-state index is -1.04. The van der Waals surface area contributed by atoms with Gasteiger partial charge in [-0.1, -0.05) is 0 Å². The van der Waals surface area contributed by atoms with Crippen LogP contribution < -0.4 is 5.32 Å². The van der Waals surface area contributed by atoms with Gasteiger partial charge in [0.2, 0.25) is 0 Å². The van der Waals surface area contributed by atoms with Gasteiger partial charge in [0, 0.05) is 42.9 Å². The maximum atomic E-state index is 13.4. The molecule has 136 valence electrons. The van der Waals surface area contributed by atoms with E-state index in [-0.39, 0.29) is 23.8 Å². The van der Waals surface area contributed by atoms with Crippen LogP contribution >= 0.6 is 0 Å². The molecule has 1 aliphatic heterocycles. The van der Waals surface area contributed by atoms with Gasteiger partial charge in [-0.25, -0.2) is 8.78 Å². The number of carbonyl (C=O) groups excluding carboxylic acids is 2. The number of likely N-dealkylation sites (tertiary alicyclic amines) is 1. The molecule has 1 heterocycles. The molecule has 26 heavy (non-hydrogen) atoms. The Hall–Kier alpha value is -2.76. The number of halogens is 2. The predicted octanol–water partition coefficient (Wildman–Crippen LogP) is 3.74. The monoisotopic (exact) mass is 358 g/mol. The third-order valence-corrected chi connectivity index (χ3v) is 4.70. The normalized spacial score (nSPS) is 17.0. The summed E-state index contributed by atoms with van der Waals surface area (Å²) >= 11 is 0. The summed E-state index contributed by atoms with van der Waals surface area (Å²) in [6.07, 6.45) is 1.32. The average molecular weight is 358 g/mol. The fourth-order valence-electron chi connectivity index (χ4n) is 3.22. The molecule has 1 fully saturated rings. The lowest BCUT2D eigenvalue weighted by Crippen LogP contribution is -2.42. The summed E-state index contributed by atoms with van der Waals surface area (Å²) in [5, 5.41) is 2.99. The molecule has 4 nitrogen and oxygen atoms in total. The van der Waals surface area contributed by atoms with Gasteiger partial charge in [-0.3, -0.25) is 9.59 Å². The van der Waals surface area contributed by atoms with Crippen molar-refractivity contribution in [1.82, 2.24) is 4.90 Å². The van der Waals surface area contributed by atoms with Gasteiger partial charge in [0.15, 0.2) is 17.4 Å². The molecule has 1 aliphatic rings. The molecule has 0 aliphatic carbocycles. The molecule has 6 heteroatoms. The number of anilines is 1. The first-order chi connectivity index (χ1) is 12.5. The third kappa shape index (κ3) is 3.74. The van der Waals surface area contributed by atoms with E-state index in [4.69, 9.17) is 0 Å². The van der Waals surface area contributed by atoms with Gasteiger partial charge in [0.25, 0.3) is 5.91 Å². The third-order valence-electron chi connectivity index (χ3n) is 4.70. The van der Waals surface area contributed by atoms with E-state index in [0.29, 0.717) is 24.9 Å². The lowest BCUT2D eigenvalue weighted by molar-refractivity contribution is 0.0637. The molecule has 3 rings (SSSR count). The maximum absolute atomic E-state index is 13.4. The Bertz CT molecular complexity index is 821. The molecular weight excluding hydrogens is 338 g/mol. The fourth-order valence-corrected chi connectivity index (χ4v) is 3.22. The lowest BCUT2D eigenvalue weighted by atomic mass is 9.89. The second-order valence-corrected chi connectivity index (χ2v) is 6.41. The van der Waals surface area contributed by atoms with Crippen molar-refractivity contribution in [3.05, 3.63) is 65.2 Å². The van der Waals surface area contributed by atoms with Crippen LogP contribution in [0.2, 0.25) is 0 Å². The van der Waals surface area contributed by atoms with Crippen molar-refractivity contribution < 1.29 is 18.4 Å². The Morgan fingerprint density at radius 3 is 2.38 bits per heavy atom. The molecule has 0 aromatic heterocycles. The van der Waals surface area contributed by atoms with Crippen molar-refractivity contribution in [3.63, 3.8) is 0 Å². The van der Waals surface area contributed by atoms with Crippen LogP contribution in [-0.2, 0) is 0 Å². The zero-order valence-corrected chi connectivity index (χ0v) is 14.5. The first kappa shape index (κ1) is 18.0. The molecule has 1 atom stereocenters. The average Bonchev–Trinajstić information content (AvgIpc) is 2.69. The number of piperidine rings is 1. The van der Waals surface area contributed by atoms with E-state index in [1.165, 1.54) is 6.07 Å². The number of ketones is 1. The number of hydrogen-bond donors (Lipinski definition) is 1. The van der Waals surface area contributed by atoms with E-state index in [2.05, 4.69) is 5.32 Å². The van der Waals surface area contributed by atoms with E-state index in [1.54, 1.807) is 24.1 Å². The van der Waals surface area contributed by atoms with Crippen LogP contribution in [0.5, 0.6) is 0 Å². The first-order valence-corrected chi connectivity index (χ1v) is 8.56. The number of carbonyl (C=O) groups is 2. The van der Waals surface area contributed by atoms with Gasteiger partial charge >= 0.3 is 0 Å². The van der Waals surface area contributed by atoms with E-state index < -0.39 is 17.6 Å². The minimum Gasteiger partial charge on any atom is -0.388 e. The number of amides is 1. The predicted molar refractivity (Wildman–Crippen MR) is 95.3 cm³/mol. The van der Waals surface area contributed by atoms with E-state index in [1.807, 2.05) is 12.1 Å². The van der Waals surface area contributed by atoms with Crippen LogP contribution in [0.4, 0.5) is 14.5 Å². The van der Waals surface area contributed by atoms with Crippen molar-refractivity contribution in [2.75, 3.05) is 25.5 Å². The van der Waals surface area contributed by atoms with Gasteiger partial charge in [0.1, 0.15) is 0 Å². The van der Waals surface area contributed by atoms with E-state index in [0.717, 1.165) is 17.8 Å². The van der Waals surface area contributed by atoms with E-state index >= 15 is 0 Å². The van der Waals surface area contributed by atoms with Crippen LogP contribution in [-0.4, -0.2) is 36.7 Å². The smallest absolute Gasteiger partial charge is 0.253 e. The standard InChI is InChI=1S/C20H20F2N2O2/c1-23-16-7-4-13(5-8-16)20(26)24-10-2-3-15(12-24)19(25)14-6-9-17(21)18(22)11-14/h4-9,11,15,23H,2-3,10,12H2,1H3. The lowest BCUT2D eigenvalue weighted by Gasteiger charge is -2.32. The topological polar surface area (TPSA) is 49.4 Å². The van der Waals surface area contributed by atoms with Crippen LogP contribution in [0.3, 0.4) is 0 Å². The summed E-state index contributed by atoms with van der Waals surface area (Å²) in [5.41, 5.74) is 1.61. The van der Waals surface area contributed by atoms with Gasteiger partial charge < -0.3 is 10.2 Å². The Morgan fingerprint density at radius 1 is 1.04 bits per heavy atom. The zero-order valence-electron chi connectivity index (χ0n) is 14.5. The molecular formula is C20H20F2N2O2. The SMILES string of the molecule is CNc1ccc(C(=O)N2CCCC(C(=O)c3ccc(F)c(F)c3)C2)cc1. The Balaban J connectivity index is 1.72. The summed E-state index contributed by atoms with van der Waals surface area (Å²) in [6.45, 7) is 0.860. The van der Waals surface area contributed by atoms with Crippen LogP contribution in [0.15, 0.2) is 42.5 Å². The number of nitrogens with zero attached hydrogens (tertiary/aromatic N) is 1. The van der Waals surface area contributed by atoms with Crippen LogP contribution in [0.25, 0.3) is 0 Å². The van der Waals surface area contributed by atoms with Gasteiger partial charge in [-0.05, 0) is 55.3 Å². The Kier molecular flexibility index (Phi) is 5.30. The molecule has 0 spiro atoms. The van der Waals surface area contributed by atoms with Gasteiger partial charge in [0.05, 0.1) is 0 Å². The quantitative estimate of drug-likeness (QED) is 0.847. The molecule has 2 aromatic rings. The van der Waals surface area contributed by atoms with Crippen LogP contribution in [0, 0.1) is 17.6 Å². The molecule has 1 unspecified atom stereocenters. The highest BCUT2D eigenvalue weighted by molar-refractivity contribution is 5.99. The summed E-state index contributed by atoms with van der Waals surface area (Å²) in [5.74, 6) is -2.81. The number of benzene rings is 2. The first-order valence-electron chi connectivity index (χ1n) is 8.56. The summed E-state index contributed by atoms with van der Waals surface area (Å²) in [4.78, 5) is 27.0.